The van der Waals surface area contributed by atoms with Gasteiger partial charge in [0.25, 0.3) is 0 Å². The van der Waals surface area contributed by atoms with Crippen molar-refractivity contribution in [2.75, 3.05) is 13.7 Å². The van der Waals surface area contributed by atoms with Crippen molar-refractivity contribution in [3.63, 3.8) is 0 Å². The number of methoxy groups -OCH3 is 1. The van der Waals surface area contributed by atoms with Crippen molar-refractivity contribution in [2.45, 2.75) is 38.3 Å². The fourth-order valence-corrected chi connectivity index (χ4v) is 2.71. The minimum Gasteiger partial charge on any atom is -0.469 e. The Morgan fingerprint density at radius 3 is 2.65 bits per heavy atom. The minimum atomic E-state index is -0.568. The summed E-state index contributed by atoms with van der Waals surface area (Å²) >= 11 is 0. The third-order valence-electron chi connectivity index (χ3n) is 3.69. The van der Waals surface area contributed by atoms with Crippen molar-refractivity contribution in [3.8, 4) is 0 Å². The van der Waals surface area contributed by atoms with E-state index in [9.17, 15) is 13.6 Å². The van der Waals surface area contributed by atoms with E-state index in [2.05, 4.69) is 4.90 Å². The van der Waals surface area contributed by atoms with Crippen LogP contribution in [0.1, 0.15) is 31.2 Å². The normalized spacial score (nSPS) is 19.9. The number of carbonyl (C=O) groups is 1. The van der Waals surface area contributed by atoms with Gasteiger partial charge in [0.2, 0.25) is 0 Å². The highest BCUT2D eigenvalue weighted by Crippen LogP contribution is 2.23. The Labute approximate surface area is 117 Å². The van der Waals surface area contributed by atoms with Gasteiger partial charge >= 0.3 is 5.97 Å². The van der Waals surface area contributed by atoms with Crippen molar-refractivity contribution in [1.29, 1.82) is 0 Å². The zero-order chi connectivity index (χ0) is 14.5. The lowest BCUT2D eigenvalue weighted by molar-refractivity contribution is -0.142. The topological polar surface area (TPSA) is 29.5 Å². The van der Waals surface area contributed by atoms with Gasteiger partial charge in [0, 0.05) is 18.7 Å². The molecule has 0 amide bonds. The summed E-state index contributed by atoms with van der Waals surface area (Å²) in [5, 5.41) is 0. The molecule has 1 unspecified atom stereocenters. The van der Waals surface area contributed by atoms with E-state index < -0.39 is 11.6 Å². The summed E-state index contributed by atoms with van der Waals surface area (Å²) in [4.78, 5) is 13.5. The van der Waals surface area contributed by atoms with Gasteiger partial charge in [-0.2, -0.15) is 0 Å². The summed E-state index contributed by atoms with van der Waals surface area (Å²) in [5.74, 6) is -1.38. The van der Waals surface area contributed by atoms with E-state index >= 15 is 0 Å². The van der Waals surface area contributed by atoms with Crippen molar-refractivity contribution < 1.29 is 18.3 Å². The number of nitrogens with zero attached hydrogens (tertiary/aromatic N) is 1. The fraction of sp³-hybridized carbons (Fsp3) is 0.533. The van der Waals surface area contributed by atoms with Crippen LogP contribution in [0, 0.1) is 11.6 Å². The number of likely N-dealkylation sites (tertiary alicyclic amines) is 1. The third-order valence-corrected chi connectivity index (χ3v) is 3.69. The van der Waals surface area contributed by atoms with Crippen LogP contribution in [0.15, 0.2) is 18.2 Å². The number of hydrogen-bond donors (Lipinski definition) is 0. The molecule has 1 heterocycles. The van der Waals surface area contributed by atoms with E-state index in [1.54, 1.807) is 0 Å². The number of carbonyl (C=O) groups excluding carboxylic acids is 1. The molecule has 0 spiro atoms. The lowest BCUT2D eigenvalue weighted by Gasteiger charge is -2.35. The molecule has 1 aromatic carbocycles. The van der Waals surface area contributed by atoms with Gasteiger partial charge in [-0.05, 0) is 37.1 Å². The van der Waals surface area contributed by atoms with E-state index in [0.717, 1.165) is 31.9 Å². The predicted octanol–water partition coefficient (Wildman–Crippen LogP) is 2.88. The summed E-state index contributed by atoms with van der Waals surface area (Å²) in [6, 6.07) is 3.63. The number of halogens is 2. The fourth-order valence-electron chi connectivity index (χ4n) is 2.71. The molecule has 5 heteroatoms. The zero-order valence-corrected chi connectivity index (χ0v) is 11.6. The molecule has 1 fully saturated rings. The van der Waals surface area contributed by atoms with E-state index in [1.807, 2.05) is 0 Å². The Balaban J connectivity index is 2.06. The first-order valence-electron chi connectivity index (χ1n) is 6.84. The molecular formula is C15H19F2NO2. The van der Waals surface area contributed by atoms with Crippen LogP contribution in [0.4, 0.5) is 8.78 Å². The first-order valence-corrected chi connectivity index (χ1v) is 6.84. The highest BCUT2D eigenvalue weighted by Gasteiger charge is 2.25. The lowest BCUT2D eigenvalue weighted by atomic mass is 9.98. The van der Waals surface area contributed by atoms with Crippen molar-refractivity contribution >= 4 is 5.97 Å². The zero-order valence-electron chi connectivity index (χ0n) is 11.6. The van der Waals surface area contributed by atoms with Gasteiger partial charge < -0.3 is 4.74 Å². The van der Waals surface area contributed by atoms with Crippen LogP contribution in [-0.2, 0) is 16.1 Å². The van der Waals surface area contributed by atoms with Crippen molar-refractivity contribution in [1.82, 2.24) is 4.90 Å². The highest BCUT2D eigenvalue weighted by molar-refractivity contribution is 5.69. The predicted molar refractivity (Wildman–Crippen MR) is 71.0 cm³/mol. The minimum absolute atomic E-state index is 0.0857. The second kappa shape index (κ2) is 6.79. The maximum atomic E-state index is 13.2. The number of piperidine rings is 1. The number of benzene rings is 1. The standard InChI is InChI=1S/C15H19F2NO2/c1-20-15(19)9-14-4-2-3-5-18(14)10-11-6-12(16)8-13(17)7-11/h6-8,14H,2-5,9-10H2,1H3. The van der Waals surface area contributed by atoms with Crippen LogP contribution >= 0.6 is 0 Å². The molecule has 1 aromatic rings. The smallest absolute Gasteiger partial charge is 0.307 e. The molecule has 3 nitrogen and oxygen atoms in total. The molecule has 0 radical (unpaired) electrons. The molecule has 0 N–H and O–H groups in total. The largest absolute Gasteiger partial charge is 0.469 e. The average molecular weight is 283 g/mol. The quantitative estimate of drug-likeness (QED) is 0.796. The molecule has 1 atom stereocenters. The molecule has 0 aliphatic carbocycles. The number of esters is 1. The second-order valence-electron chi connectivity index (χ2n) is 5.18. The van der Waals surface area contributed by atoms with Crippen LogP contribution in [0.5, 0.6) is 0 Å². The maximum absolute atomic E-state index is 13.2. The molecule has 110 valence electrons. The van der Waals surface area contributed by atoms with Crippen LogP contribution in [-0.4, -0.2) is 30.6 Å². The Morgan fingerprint density at radius 2 is 2.00 bits per heavy atom. The number of ether oxygens (including phenoxy) is 1. The van der Waals surface area contributed by atoms with Gasteiger partial charge in [-0.1, -0.05) is 6.42 Å². The van der Waals surface area contributed by atoms with E-state index in [1.165, 1.54) is 19.2 Å². The molecule has 1 aliphatic rings. The van der Waals surface area contributed by atoms with Gasteiger partial charge in [0.15, 0.2) is 0 Å². The van der Waals surface area contributed by atoms with Gasteiger partial charge in [0.05, 0.1) is 13.5 Å². The van der Waals surface area contributed by atoms with E-state index in [4.69, 9.17) is 4.74 Å². The summed E-state index contributed by atoms with van der Waals surface area (Å²) in [5.41, 5.74) is 0.597. The van der Waals surface area contributed by atoms with E-state index in [0.29, 0.717) is 18.5 Å². The van der Waals surface area contributed by atoms with Crippen LogP contribution in [0.25, 0.3) is 0 Å². The monoisotopic (exact) mass is 283 g/mol. The summed E-state index contributed by atoms with van der Waals surface area (Å²) in [6.45, 7) is 1.29. The Morgan fingerprint density at radius 1 is 1.30 bits per heavy atom. The molecule has 1 saturated heterocycles. The second-order valence-corrected chi connectivity index (χ2v) is 5.18. The number of hydrogen-bond acceptors (Lipinski definition) is 3. The van der Waals surface area contributed by atoms with Crippen LogP contribution < -0.4 is 0 Å². The molecular weight excluding hydrogens is 264 g/mol. The summed E-state index contributed by atoms with van der Waals surface area (Å²) < 4.78 is 31.1. The first kappa shape index (κ1) is 14.9. The molecule has 20 heavy (non-hydrogen) atoms. The molecule has 0 saturated carbocycles. The molecule has 1 aliphatic heterocycles. The van der Waals surface area contributed by atoms with Crippen molar-refractivity contribution in [3.05, 3.63) is 35.4 Å². The lowest BCUT2D eigenvalue weighted by Crippen LogP contribution is -2.40. The highest BCUT2D eigenvalue weighted by atomic mass is 19.1. The van der Waals surface area contributed by atoms with Crippen LogP contribution in [0.2, 0.25) is 0 Å². The molecule has 2 rings (SSSR count). The molecule has 0 bridgehead atoms. The Kier molecular flexibility index (Phi) is 5.06. The van der Waals surface area contributed by atoms with Gasteiger partial charge in [-0.3, -0.25) is 9.69 Å². The maximum Gasteiger partial charge on any atom is 0.307 e. The molecule has 0 aromatic heterocycles. The van der Waals surface area contributed by atoms with Gasteiger partial charge in [0.1, 0.15) is 11.6 Å². The number of rotatable bonds is 4. The van der Waals surface area contributed by atoms with Crippen LogP contribution in [0.3, 0.4) is 0 Å². The third kappa shape index (κ3) is 4.00. The summed E-state index contributed by atoms with van der Waals surface area (Å²) in [6.07, 6.45) is 3.34. The average Bonchev–Trinajstić information content (AvgIpc) is 2.39. The SMILES string of the molecule is COC(=O)CC1CCCCN1Cc1cc(F)cc(F)c1. The van der Waals surface area contributed by atoms with Gasteiger partial charge in [-0.25, -0.2) is 8.78 Å². The summed E-state index contributed by atoms with van der Waals surface area (Å²) in [7, 11) is 1.37. The van der Waals surface area contributed by atoms with E-state index in [-0.39, 0.29) is 12.0 Å². The van der Waals surface area contributed by atoms with Crippen molar-refractivity contribution in [2.24, 2.45) is 0 Å². The van der Waals surface area contributed by atoms with Gasteiger partial charge in [-0.15, -0.1) is 0 Å². The Bertz CT molecular complexity index is 459. The Hall–Kier alpha value is -1.49. The first-order chi connectivity index (χ1) is 9.58.